The van der Waals surface area contributed by atoms with Gasteiger partial charge in [0.25, 0.3) is 0 Å². The highest BCUT2D eigenvalue weighted by Gasteiger charge is 2.27. The van der Waals surface area contributed by atoms with Gasteiger partial charge in [-0.1, -0.05) is 18.2 Å². The van der Waals surface area contributed by atoms with Gasteiger partial charge in [0, 0.05) is 6.26 Å². The molecule has 0 saturated heterocycles. The van der Waals surface area contributed by atoms with Crippen molar-refractivity contribution in [3.63, 3.8) is 0 Å². The van der Waals surface area contributed by atoms with Crippen LogP contribution in [-0.4, -0.2) is 35.0 Å². The average molecular weight is 467 g/mol. The fourth-order valence-electron chi connectivity index (χ4n) is 3.35. The van der Waals surface area contributed by atoms with E-state index in [2.05, 4.69) is 10.0 Å². The van der Waals surface area contributed by atoms with Crippen molar-refractivity contribution >= 4 is 25.8 Å². The molecule has 1 unspecified atom stereocenters. The molecule has 9 heteroatoms. The Labute approximate surface area is 185 Å². The first-order valence-corrected chi connectivity index (χ1v) is 13.2. The Kier molecular flexibility index (Phi) is 7.35. The van der Waals surface area contributed by atoms with E-state index >= 15 is 0 Å². The lowest BCUT2D eigenvalue weighted by molar-refractivity contribution is -0.123. The predicted octanol–water partition coefficient (Wildman–Crippen LogP) is 2.87. The highest BCUT2D eigenvalue weighted by Crippen LogP contribution is 2.26. The fraction of sp³-hybridized carbons (Fsp3) is 0.409. The van der Waals surface area contributed by atoms with Crippen molar-refractivity contribution in [2.45, 2.75) is 63.4 Å². The largest absolute Gasteiger partial charge is 0.348 e. The van der Waals surface area contributed by atoms with E-state index in [1.165, 1.54) is 19.1 Å². The van der Waals surface area contributed by atoms with Crippen molar-refractivity contribution in [1.29, 1.82) is 0 Å². The molecule has 0 aromatic heterocycles. The van der Waals surface area contributed by atoms with Crippen LogP contribution in [0.15, 0.2) is 40.1 Å². The first-order valence-electron chi connectivity index (χ1n) is 9.85. The zero-order chi connectivity index (χ0) is 23.7. The molecule has 2 aromatic carbocycles. The van der Waals surface area contributed by atoms with E-state index in [9.17, 15) is 21.6 Å². The molecule has 0 fully saturated rings. The number of sulfone groups is 1. The molecule has 0 aliphatic carbocycles. The number of hydrogen-bond acceptors (Lipinski definition) is 5. The number of sulfonamides is 1. The number of nitrogens with one attached hydrogen (secondary N) is 2. The fourth-order valence-corrected chi connectivity index (χ4v) is 5.80. The number of rotatable bonds is 7. The molecule has 170 valence electrons. The summed E-state index contributed by atoms with van der Waals surface area (Å²) in [5.74, 6) is -0.483. The first-order chi connectivity index (χ1) is 14.1. The number of aryl methyl sites for hydroxylation is 2. The van der Waals surface area contributed by atoms with E-state index in [4.69, 9.17) is 0 Å². The van der Waals surface area contributed by atoms with Gasteiger partial charge in [-0.25, -0.2) is 16.8 Å². The molecule has 0 saturated carbocycles. The van der Waals surface area contributed by atoms with Gasteiger partial charge in [0.1, 0.15) is 0 Å². The topological polar surface area (TPSA) is 109 Å². The van der Waals surface area contributed by atoms with Crippen LogP contribution < -0.4 is 10.0 Å². The highest BCUT2D eigenvalue weighted by atomic mass is 32.2. The summed E-state index contributed by atoms with van der Waals surface area (Å²) in [5, 5.41) is 2.76. The molecule has 7 nitrogen and oxygen atoms in total. The standard InChI is InChI=1S/C22H30N2O5S2/c1-13-12-14(2)16(4)21(15(13)3)31(28,29)24-18(6)22(25)23-17(5)19-8-10-20(11-9-19)30(7,26)27/h8-12,17-18,24H,1-7H3,(H,23,25)/t17?,18-/m0/s1. The van der Waals surface area contributed by atoms with Gasteiger partial charge < -0.3 is 5.32 Å². The Balaban J connectivity index is 2.17. The Morgan fingerprint density at radius 1 is 0.871 bits per heavy atom. The zero-order valence-electron chi connectivity index (χ0n) is 18.9. The van der Waals surface area contributed by atoms with E-state index in [1.54, 1.807) is 32.9 Å². The number of benzene rings is 2. The van der Waals surface area contributed by atoms with Gasteiger partial charge in [-0.05, 0) is 81.5 Å². The lowest BCUT2D eigenvalue weighted by atomic mass is 10.0. The van der Waals surface area contributed by atoms with Gasteiger partial charge in [-0.3, -0.25) is 4.79 Å². The van der Waals surface area contributed by atoms with Gasteiger partial charge in [-0.2, -0.15) is 4.72 Å². The first kappa shape index (κ1) is 25.0. The molecule has 0 radical (unpaired) electrons. The Morgan fingerprint density at radius 2 is 1.35 bits per heavy atom. The van der Waals surface area contributed by atoms with Crippen LogP contribution in [0.2, 0.25) is 0 Å². The second-order valence-corrected chi connectivity index (χ2v) is 11.7. The molecule has 0 heterocycles. The molecule has 2 rings (SSSR count). The molecule has 2 aromatic rings. The van der Waals surface area contributed by atoms with Gasteiger partial charge >= 0.3 is 0 Å². The van der Waals surface area contributed by atoms with Crippen molar-refractivity contribution in [3.8, 4) is 0 Å². The van der Waals surface area contributed by atoms with Crippen LogP contribution in [0.4, 0.5) is 0 Å². The Morgan fingerprint density at radius 3 is 1.81 bits per heavy atom. The molecule has 0 bridgehead atoms. The maximum absolute atomic E-state index is 13.0. The predicted molar refractivity (Wildman–Crippen MR) is 121 cm³/mol. The summed E-state index contributed by atoms with van der Waals surface area (Å²) in [4.78, 5) is 13.0. The molecular formula is C22H30N2O5S2. The number of carbonyl (C=O) groups excluding carboxylic acids is 1. The summed E-state index contributed by atoms with van der Waals surface area (Å²) >= 11 is 0. The Hall–Kier alpha value is -2.23. The van der Waals surface area contributed by atoms with Crippen LogP contribution >= 0.6 is 0 Å². The lowest BCUT2D eigenvalue weighted by Crippen LogP contribution is -2.45. The molecule has 1 amide bonds. The third kappa shape index (κ3) is 5.72. The average Bonchev–Trinajstić information content (AvgIpc) is 2.65. The lowest BCUT2D eigenvalue weighted by Gasteiger charge is -2.21. The maximum Gasteiger partial charge on any atom is 0.241 e. The summed E-state index contributed by atoms with van der Waals surface area (Å²) in [6, 6.07) is 6.71. The molecule has 2 N–H and O–H groups in total. The summed E-state index contributed by atoms with van der Waals surface area (Å²) in [6.07, 6.45) is 1.13. The normalized spacial score (nSPS) is 14.2. The summed E-state index contributed by atoms with van der Waals surface area (Å²) in [5.41, 5.74) is 3.75. The van der Waals surface area contributed by atoms with Gasteiger partial charge in [0.2, 0.25) is 15.9 Å². The number of amides is 1. The second kappa shape index (κ2) is 9.10. The van der Waals surface area contributed by atoms with Crippen LogP contribution in [0.3, 0.4) is 0 Å². The van der Waals surface area contributed by atoms with Gasteiger partial charge in [-0.15, -0.1) is 0 Å². The van der Waals surface area contributed by atoms with Crippen LogP contribution in [0.5, 0.6) is 0 Å². The number of hydrogen-bond donors (Lipinski definition) is 2. The minimum Gasteiger partial charge on any atom is -0.348 e. The van der Waals surface area contributed by atoms with Crippen molar-refractivity contribution in [2.24, 2.45) is 0 Å². The molecule has 2 atom stereocenters. The molecule has 31 heavy (non-hydrogen) atoms. The summed E-state index contributed by atoms with van der Waals surface area (Å²) < 4.78 is 51.7. The van der Waals surface area contributed by atoms with E-state index in [0.717, 1.165) is 17.4 Å². The third-order valence-electron chi connectivity index (χ3n) is 5.46. The van der Waals surface area contributed by atoms with Crippen molar-refractivity contribution in [3.05, 3.63) is 58.1 Å². The second-order valence-electron chi connectivity index (χ2n) is 8.00. The van der Waals surface area contributed by atoms with Crippen molar-refractivity contribution in [1.82, 2.24) is 10.0 Å². The molecule has 0 aliphatic rings. The molecule has 0 spiro atoms. The van der Waals surface area contributed by atoms with Crippen LogP contribution in [0.25, 0.3) is 0 Å². The number of carbonyl (C=O) groups is 1. The molecular weight excluding hydrogens is 436 g/mol. The monoisotopic (exact) mass is 466 g/mol. The third-order valence-corrected chi connectivity index (χ3v) is 8.40. The van der Waals surface area contributed by atoms with Crippen LogP contribution in [0.1, 0.15) is 47.7 Å². The SMILES string of the molecule is Cc1cc(C)c(C)c(S(=O)(=O)N[C@@H](C)C(=O)NC(C)c2ccc(S(C)(=O)=O)cc2)c1C. The Bertz CT molecular complexity index is 1180. The minimum atomic E-state index is -3.91. The summed E-state index contributed by atoms with van der Waals surface area (Å²) in [7, 11) is -7.22. The van der Waals surface area contributed by atoms with E-state index in [1.807, 2.05) is 19.9 Å². The van der Waals surface area contributed by atoms with E-state index in [0.29, 0.717) is 16.7 Å². The van der Waals surface area contributed by atoms with Crippen LogP contribution in [0, 0.1) is 27.7 Å². The van der Waals surface area contributed by atoms with Gasteiger partial charge in [0.15, 0.2) is 9.84 Å². The smallest absolute Gasteiger partial charge is 0.241 e. The minimum absolute atomic E-state index is 0.190. The quantitative estimate of drug-likeness (QED) is 0.652. The summed E-state index contributed by atoms with van der Waals surface area (Å²) in [6.45, 7) is 10.4. The van der Waals surface area contributed by atoms with Crippen molar-refractivity contribution in [2.75, 3.05) is 6.26 Å². The highest BCUT2D eigenvalue weighted by molar-refractivity contribution is 7.90. The van der Waals surface area contributed by atoms with E-state index in [-0.39, 0.29) is 9.79 Å². The van der Waals surface area contributed by atoms with Crippen molar-refractivity contribution < 1.29 is 21.6 Å². The van der Waals surface area contributed by atoms with Gasteiger partial charge in [0.05, 0.1) is 21.9 Å². The maximum atomic E-state index is 13.0. The molecule has 0 aliphatic heterocycles. The van der Waals surface area contributed by atoms with Crippen LogP contribution in [-0.2, 0) is 24.7 Å². The zero-order valence-corrected chi connectivity index (χ0v) is 20.5. The van der Waals surface area contributed by atoms with E-state index < -0.39 is 37.9 Å².